The van der Waals surface area contributed by atoms with Crippen LogP contribution in [0.25, 0.3) is 0 Å². The molecule has 1 aliphatic rings. The van der Waals surface area contributed by atoms with E-state index in [0.717, 1.165) is 24.0 Å². The van der Waals surface area contributed by atoms with Crippen molar-refractivity contribution in [2.75, 3.05) is 18.0 Å². The summed E-state index contributed by atoms with van der Waals surface area (Å²) in [4.78, 5) is 17.3. The van der Waals surface area contributed by atoms with Gasteiger partial charge in [-0.2, -0.15) is 4.37 Å². The summed E-state index contributed by atoms with van der Waals surface area (Å²) >= 11 is 1.39. The summed E-state index contributed by atoms with van der Waals surface area (Å²) in [5, 5.41) is 17.2. The summed E-state index contributed by atoms with van der Waals surface area (Å²) in [6, 6.07) is 0.141. The molecule has 0 atom stereocenters. The Kier molecular flexibility index (Phi) is 3.13. The van der Waals surface area contributed by atoms with Crippen LogP contribution in [-0.4, -0.2) is 48.5 Å². The fraction of sp³-hybridized carbons (Fsp3) is 0.545. The first-order valence-electron chi connectivity index (χ1n) is 6.28. The third-order valence-electron chi connectivity index (χ3n) is 3.18. The molecule has 0 aromatic carbocycles. The number of carboxylic acid groups (broad SMARTS) is 1. The predicted molar refractivity (Wildman–Crippen MR) is 72.2 cm³/mol. The van der Waals surface area contributed by atoms with Gasteiger partial charge in [-0.05, 0) is 0 Å². The Morgan fingerprint density at radius 3 is 2.80 bits per heavy atom. The lowest BCUT2D eigenvalue weighted by Gasteiger charge is -2.38. The van der Waals surface area contributed by atoms with E-state index in [1.165, 1.54) is 17.7 Å². The number of aromatic nitrogens is 5. The van der Waals surface area contributed by atoms with E-state index in [9.17, 15) is 4.79 Å². The molecule has 0 spiro atoms. The van der Waals surface area contributed by atoms with E-state index in [-0.39, 0.29) is 11.7 Å². The minimum absolute atomic E-state index is 0.0264. The van der Waals surface area contributed by atoms with Crippen LogP contribution in [0.3, 0.4) is 0 Å². The third kappa shape index (κ3) is 2.24. The van der Waals surface area contributed by atoms with Crippen LogP contribution in [-0.2, 0) is 0 Å². The second-order valence-electron chi connectivity index (χ2n) is 5.04. The van der Waals surface area contributed by atoms with Gasteiger partial charge >= 0.3 is 5.97 Å². The van der Waals surface area contributed by atoms with Gasteiger partial charge in [0, 0.05) is 30.5 Å². The molecule has 1 fully saturated rings. The van der Waals surface area contributed by atoms with Gasteiger partial charge in [-0.3, -0.25) is 0 Å². The van der Waals surface area contributed by atoms with Crippen LogP contribution in [0.4, 0.5) is 5.13 Å². The number of aromatic carboxylic acids is 1. The van der Waals surface area contributed by atoms with E-state index in [1.807, 2.05) is 0 Å². The first-order chi connectivity index (χ1) is 9.54. The van der Waals surface area contributed by atoms with Crippen molar-refractivity contribution in [2.45, 2.75) is 25.8 Å². The first-order valence-corrected chi connectivity index (χ1v) is 7.05. The summed E-state index contributed by atoms with van der Waals surface area (Å²) in [6.07, 6.45) is 1.46. The Labute approximate surface area is 119 Å². The minimum Gasteiger partial charge on any atom is -0.476 e. The van der Waals surface area contributed by atoms with Gasteiger partial charge in [-0.15, -0.1) is 5.10 Å². The molecule has 3 rings (SSSR count). The molecule has 9 heteroatoms. The summed E-state index contributed by atoms with van der Waals surface area (Å²) in [7, 11) is 0. The average Bonchev–Trinajstić information content (AvgIpc) is 2.95. The zero-order valence-corrected chi connectivity index (χ0v) is 11.9. The van der Waals surface area contributed by atoms with Crippen molar-refractivity contribution in [3.05, 3.63) is 17.7 Å². The van der Waals surface area contributed by atoms with Crippen LogP contribution >= 0.6 is 11.5 Å². The molecular formula is C11H14N6O2S. The topological polar surface area (TPSA) is 97.0 Å². The highest BCUT2D eigenvalue weighted by molar-refractivity contribution is 7.09. The number of carbonyl (C=O) groups is 1. The third-order valence-corrected chi connectivity index (χ3v) is 3.97. The molecule has 0 radical (unpaired) electrons. The lowest BCUT2D eigenvalue weighted by atomic mass is 10.1. The molecular weight excluding hydrogens is 280 g/mol. The number of carboxylic acids is 1. The molecule has 2 aromatic rings. The van der Waals surface area contributed by atoms with Crippen LogP contribution in [0, 0.1) is 0 Å². The normalized spacial score (nSPS) is 15.7. The van der Waals surface area contributed by atoms with E-state index in [2.05, 4.69) is 38.4 Å². The highest BCUT2D eigenvalue weighted by atomic mass is 32.1. The molecule has 3 heterocycles. The SMILES string of the molecule is CC(C)c1nsc(N2CC(n3cc(C(=O)O)nn3)C2)n1. The second kappa shape index (κ2) is 4.82. The van der Waals surface area contributed by atoms with Gasteiger partial charge in [-0.25, -0.2) is 14.5 Å². The maximum Gasteiger partial charge on any atom is 0.358 e. The van der Waals surface area contributed by atoms with Crippen LogP contribution in [0.2, 0.25) is 0 Å². The molecule has 0 unspecified atom stereocenters. The second-order valence-corrected chi connectivity index (χ2v) is 5.77. The average molecular weight is 294 g/mol. The largest absolute Gasteiger partial charge is 0.476 e. The Bertz CT molecular complexity index is 630. The Morgan fingerprint density at radius 1 is 1.50 bits per heavy atom. The standard InChI is InChI=1S/C11H14N6O2S/c1-6(2)9-12-11(20-14-9)16-3-7(4-16)17-5-8(10(18)19)13-15-17/h5-7H,3-4H2,1-2H3,(H,18,19). The molecule has 1 saturated heterocycles. The van der Waals surface area contributed by atoms with Crippen molar-refractivity contribution in [3.63, 3.8) is 0 Å². The van der Waals surface area contributed by atoms with E-state index in [0.29, 0.717) is 5.92 Å². The van der Waals surface area contributed by atoms with Crippen LogP contribution < -0.4 is 4.90 Å². The molecule has 0 bridgehead atoms. The minimum atomic E-state index is -1.06. The molecule has 1 N–H and O–H groups in total. The molecule has 0 saturated carbocycles. The molecule has 0 amide bonds. The van der Waals surface area contributed by atoms with Crippen LogP contribution in [0.5, 0.6) is 0 Å². The zero-order chi connectivity index (χ0) is 14.3. The maximum atomic E-state index is 10.8. The summed E-state index contributed by atoms with van der Waals surface area (Å²) in [6.45, 7) is 5.62. The summed E-state index contributed by atoms with van der Waals surface area (Å²) in [5.41, 5.74) is -0.0264. The van der Waals surface area contributed by atoms with E-state index >= 15 is 0 Å². The summed E-state index contributed by atoms with van der Waals surface area (Å²) < 4.78 is 5.92. The van der Waals surface area contributed by atoms with E-state index in [4.69, 9.17) is 5.11 Å². The number of anilines is 1. The van der Waals surface area contributed by atoms with Gasteiger partial charge in [0.25, 0.3) is 0 Å². The quantitative estimate of drug-likeness (QED) is 0.898. The molecule has 0 aliphatic carbocycles. The number of hydrogen-bond donors (Lipinski definition) is 1. The van der Waals surface area contributed by atoms with Crippen molar-refractivity contribution in [1.29, 1.82) is 0 Å². The molecule has 106 valence electrons. The number of hydrogen-bond acceptors (Lipinski definition) is 7. The lowest BCUT2D eigenvalue weighted by Crippen LogP contribution is -2.48. The van der Waals surface area contributed by atoms with Crippen LogP contribution in [0.1, 0.15) is 42.1 Å². The Balaban J connectivity index is 1.63. The number of nitrogens with zero attached hydrogens (tertiary/aromatic N) is 6. The fourth-order valence-electron chi connectivity index (χ4n) is 1.92. The van der Waals surface area contributed by atoms with Gasteiger partial charge in [0.2, 0.25) is 5.13 Å². The van der Waals surface area contributed by atoms with Gasteiger partial charge in [0.05, 0.1) is 12.2 Å². The van der Waals surface area contributed by atoms with Crippen molar-refractivity contribution < 1.29 is 9.90 Å². The molecule has 20 heavy (non-hydrogen) atoms. The number of rotatable bonds is 4. The fourth-order valence-corrected chi connectivity index (χ4v) is 2.75. The monoisotopic (exact) mass is 294 g/mol. The highest BCUT2D eigenvalue weighted by Crippen LogP contribution is 2.29. The Hall–Kier alpha value is -2.03. The lowest BCUT2D eigenvalue weighted by molar-refractivity contribution is 0.0690. The van der Waals surface area contributed by atoms with Crippen molar-refractivity contribution in [2.24, 2.45) is 0 Å². The van der Waals surface area contributed by atoms with Crippen molar-refractivity contribution in [3.8, 4) is 0 Å². The molecule has 2 aromatic heterocycles. The Morgan fingerprint density at radius 2 is 2.25 bits per heavy atom. The van der Waals surface area contributed by atoms with Gasteiger partial charge < -0.3 is 10.0 Å². The van der Waals surface area contributed by atoms with E-state index < -0.39 is 5.97 Å². The highest BCUT2D eigenvalue weighted by Gasteiger charge is 2.32. The predicted octanol–water partition coefficient (Wildman–Crippen LogP) is 1.01. The van der Waals surface area contributed by atoms with Crippen molar-refractivity contribution in [1.82, 2.24) is 24.4 Å². The summed E-state index contributed by atoms with van der Waals surface area (Å²) in [5.74, 6) is 0.131. The molecule has 1 aliphatic heterocycles. The first kappa shape index (κ1) is 13.0. The van der Waals surface area contributed by atoms with Crippen LogP contribution in [0.15, 0.2) is 6.20 Å². The van der Waals surface area contributed by atoms with Gasteiger partial charge in [-0.1, -0.05) is 19.1 Å². The maximum absolute atomic E-state index is 10.8. The van der Waals surface area contributed by atoms with Gasteiger partial charge in [0.15, 0.2) is 5.69 Å². The smallest absolute Gasteiger partial charge is 0.358 e. The van der Waals surface area contributed by atoms with Gasteiger partial charge in [0.1, 0.15) is 5.82 Å². The van der Waals surface area contributed by atoms with Crippen molar-refractivity contribution >= 4 is 22.6 Å². The zero-order valence-electron chi connectivity index (χ0n) is 11.1. The van der Waals surface area contributed by atoms with E-state index in [1.54, 1.807) is 4.68 Å². The molecule has 8 nitrogen and oxygen atoms in total.